The lowest BCUT2D eigenvalue weighted by molar-refractivity contribution is -0.134. The molecular weight excluding hydrogens is 280 g/mol. The second kappa shape index (κ2) is 6.70. The number of aliphatic hydroxyl groups is 1. The maximum Gasteiger partial charge on any atom is 0.244 e. The maximum atomic E-state index is 12.3. The summed E-state index contributed by atoms with van der Waals surface area (Å²) in [5, 5.41) is 17.4. The SMILES string of the molecule is O=C(Cn1cc(-c2ccccc2)nn1)N1CCCC(CO)C1. The predicted molar refractivity (Wildman–Crippen MR) is 81.8 cm³/mol. The van der Waals surface area contributed by atoms with Gasteiger partial charge in [0.25, 0.3) is 0 Å². The summed E-state index contributed by atoms with van der Waals surface area (Å²) < 4.78 is 1.58. The lowest BCUT2D eigenvalue weighted by Gasteiger charge is -2.31. The fourth-order valence-corrected chi connectivity index (χ4v) is 2.80. The molecule has 1 aromatic carbocycles. The normalized spacial score (nSPS) is 18.4. The first-order chi connectivity index (χ1) is 10.8. The standard InChI is InChI=1S/C16H20N4O2/c21-12-13-5-4-8-19(9-13)16(22)11-20-10-15(17-18-20)14-6-2-1-3-7-14/h1-3,6-7,10,13,21H,4-5,8-9,11-12H2. The van der Waals surface area contributed by atoms with E-state index in [9.17, 15) is 9.90 Å². The smallest absolute Gasteiger partial charge is 0.244 e. The Morgan fingerprint density at radius 1 is 1.32 bits per heavy atom. The van der Waals surface area contributed by atoms with Gasteiger partial charge in [0.2, 0.25) is 5.91 Å². The van der Waals surface area contributed by atoms with Crippen molar-refractivity contribution in [3.05, 3.63) is 36.5 Å². The Morgan fingerprint density at radius 2 is 2.14 bits per heavy atom. The number of aromatic nitrogens is 3. The molecule has 1 amide bonds. The summed E-state index contributed by atoms with van der Waals surface area (Å²) in [6, 6.07) is 9.77. The molecule has 1 N–H and O–H groups in total. The minimum absolute atomic E-state index is 0.0302. The summed E-state index contributed by atoms with van der Waals surface area (Å²) in [6.07, 6.45) is 3.73. The zero-order valence-electron chi connectivity index (χ0n) is 12.4. The molecule has 2 heterocycles. The van der Waals surface area contributed by atoms with Crippen LogP contribution in [0, 0.1) is 5.92 Å². The van der Waals surface area contributed by atoms with E-state index in [0.717, 1.165) is 30.6 Å². The van der Waals surface area contributed by atoms with Crippen molar-refractivity contribution in [2.75, 3.05) is 19.7 Å². The summed E-state index contributed by atoms with van der Waals surface area (Å²) in [6.45, 7) is 1.73. The lowest BCUT2D eigenvalue weighted by atomic mass is 9.99. The van der Waals surface area contributed by atoms with Gasteiger partial charge in [-0.25, -0.2) is 4.68 Å². The van der Waals surface area contributed by atoms with Gasteiger partial charge in [-0.3, -0.25) is 4.79 Å². The van der Waals surface area contributed by atoms with Crippen LogP contribution in [0.15, 0.2) is 36.5 Å². The number of benzene rings is 1. The van der Waals surface area contributed by atoms with Crippen LogP contribution in [0.25, 0.3) is 11.3 Å². The van der Waals surface area contributed by atoms with Crippen molar-refractivity contribution in [2.45, 2.75) is 19.4 Å². The molecule has 3 rings (SSSR count). The molecule has 116 valence electrons. The van der Waals surface area contributed by atoms with Gasteiger partial charge in [-0.15, -0.1) is 5.10 Å². The molecule has 1 fully saturated rings. The highest BCUT2D eigenvalue weighted by Crippen LogP contribution is 2.17. The third-order valence-electron chi connectivity index (χ3n) is 4.04. The third-order valence-corrected chi connectivity index (χ3v) is 4.04. The number of nitrogens with zero attached hydrogens (tertiary/aromatic N) is 4. The van der Waals surface area contributed by atoms with E-state index in [-0.39, 0.29) is 25.0 Å². The molecular formula is C16H20N4O2. The number of amides is 1. The minimum Gasteiger partial charge on any atom is -0.396 e. The Morgan fingerprint density at radius 3 is 2.91 bits per heavy atom. The summed E-state index contributed by atoms with van der Waals surface area (Å²) in [5.41, 5.74) is 1.75. The highest BCUT2D eigenvalue weighted by molar-refractivity contribution is 5.76. The molecule has 1 atom stereocenters. The van der Waals surface area contributed by atoms with E-state index in [0.29, 0.717) is 6.54 Å². The Balaban J connectivity index is 1.64. The van der Waals surface area contributed by atoms with Gasteiger partial charge in [0, 0.05) is 25.3 Å². The van der Waals surface area contributed by atoms with E-state index in [2.05, 4.69) is 10.3 Å². The Kier molecular flexibility index (Phi) is 4.48. The fraction of sp³-hybridized carbons (Fsp3) is 0.438. The first-order valence-electron chi connectivity index (χ1n) is 7.60. The molecule has 22 heavy (non-hydrogen) atoms. The van der Waals surface area contributed by atoms with Gasteiger partial charge in [0.15, 0.2) is 0 Å². The number of likely N-dealkylation sites (tertiary alicyclic amines) is 1. The molecule has 1 unspecified atom stereocenters. The second-order valence-electron chi connectivity index (χ2n) is 5.70. The predicted octanol–water partition coefficient (Wildman–Crippen LogP) is 1.18. The molecule has 0 aliphatic carbocycles. The zero-order chi connectivity index (χ0) is 15.4. The van der Waals surface area contributed by atoms with E-state index in [4.69, 9.17) is 0 Å². The Bertz CT molecular complexity index is 626. The Labute approximate surface area is 129 Å². The van der Waals surface area contributed by atoms with Crippen LogP contribution in [-0.2, 0) is 11.3 Å². The van der Waals surface area contributed by atoms with Crippen LogP contribution < -0.4 is 0 Å². The number of piperidine rings is 1. The molecule has 0 radical (unpaired) electrons. The molecule has 1 aliphatic rings. The van der Waals surface area contributed by atoms with Crippen LogP contribution in [-0.4, -0.2) is 50.6 Å². The van der Waals surface area contributed by atoms with Crippen LogP contribution in [0.5, 0.6) is 0 Å². The monoisotopic (exact) mass is 300 g/mol. The summed E-state index contributed by atoms with van der Waals surface area (Å²) >= 11 is 0. The van der Waals surface area contributed by atoms with Gasteiger partial charge in [-0.05, 0) is 18.8 Å². The highest BCUT2D eigenvalue weighted by Gasteiger charge is 2.23. The van der Waals surface area contributed by atoms with Crippen molar-refractivity contribution in [2.24, 2.45) is 5.92 Å². The average Bonchev–Trinajstić information content (AvgIpc) is 3.04. The van der Waals surface area contributed by atoms with Crippen LogP contribution in [0.4, 0.5) is 0 Å². The van der Waals surface area contributed by atoms with Gasteiger partial charge in [0.05, 0.1) is 6.20 Å². The zero-order valence-corrected chi connectivity index (χ0v) is 12.4. The van der Waals surface area contributed by atoms with Crippen LogP contribution in [0.1, 0.15) is 12.8 Å². The summed E-state index contributed by atoms with van der Waals surface area (Å²) in [5.74, 6) is 0.232. The van der Waals surface area contributed by atoms with Gasteiger partial charge in [-0.1, -0.05) is 35.5 Å². The molecule has 6 heteroatoms. The highest BCUT2D eigenvalue weighted by atomic mass is 16.3. The quantitative estimate of drug-likeness (QED) is 0.920. The molecule has 0 saturated carbocycles. The fourth-order valence-electron chi connectivity index (χ4n) is 2.80. The number of carbonyl (C=O) groups excluding carboxylic acids is 1. The van der Waals surface area contributed by atoms with E-state index in [1.165, 1.54) is 0 Å². The van der Waals surface area contributed by atoms with Crippen molar-refractivity contribution < 1.29 is 9.90 Å². The van der Waals surface area contributed by atoms with E-state index in [1.54, 1.807) is 10.9 Å². The average molecular weight is 300 g/mol. The van der Waals surface area contributed by atoms with Crippen LogP contribution in [0.2, 0.25) is 0 Å². The molecule has 1 saturated heterocycles. The van der Waals surface area contributed by atoms with E-state index < -0.39 is 0 Å². The Hall–Kier alpha value is -2.21. The molecule has 0 bridgehead atoms. The third kappa shape index (κ3) is 3.33. The van der Waals surface area contributed by atoms with Crippen molar-refractivity contribution in [3.8, 4) is 11.3 Å². The second-order valence-corrected chi connectivity index (χ2v) is 5.70. The number of aliphatic hydroxyl groups excluding tert-OH is 1. The summed E-state index contributed by atoms with van der Waals surface area (Å²) in [7, 11) is 0. The summed E-state index contributed by atoms with van der Waals surface area (Å²) in [4.78, 5) is 14.1. The van der Waals surface area contributed by atoms with E-state index in [1.807, 2.05) is 35.2 Å². The van der Waals surface area contributed by atoms with Crippen LogP contribution in [0.3, 0.4) is 0 Å². The van der Waals surface area contributed by atoms with E-state index >= 15 is 0 Å². The molecule has 0 spiro atoms. The van der Waals surface area contributed by atoms with Crippen molar-refractivity contribution in [1.29, 1.82) is 0 Å². The first kappa shape index (κ1) is 14.7. The molecule has 2 aromatic rings. The minimum atomic E-state index is 0.0302. The number of rotatable bonds is 4. The number of carbonyl (C=O) groups is 1. The van der Waals surface area contributed by atoms with Gasteiger partial charge < -0.3 is 10.0 Å². The number of hydrogen-bond donors (Lipinski definition) is 1. The van der Waals surface area contributed by atoms with Crippen molar-refractivity contribution >= 4 is 5.91 Å². The topological polar surface area (TPSA) is 71.2 Å². The maximum absolute atomic E-state index is 12.3. The number of hydrogen-bond acceptors (Lipinski definition) is 4. The van der Waals surface area contributed by atoms with Crippen LogP contribution >= 0.6 is 0 Å². The lowest BCUT2D eigenvalue weighted by Crippen LogP contribution is -2.42. The van der Waals surface area contributed by atoms with Crippen molar-refractivity contribution in [3.63, 3.8) is 0 Å². The molecule has 1 aliphatic heterocycles. The first-order valence-corrected chi connectivity index (χ1v) is 7.60. The van der Waals surface area contributed by atoms with Gasteiger partial charge in [0.1, 0.15) is 12.2 Å². The van der Waals surface area contributed by atoms with Crippen molar-refractivity contribution in [1.82, 2.24) is 19.9 Å². The van der Waals surface area contributed by atoms with Gasteiger partial charge >= 0.3 is 0 Å². The molecule has 1 aromatic heterocycles. The molecule has 6 nitrogen and oxygen atoms in total. The van der Waals surface area contributed by atoms with Gasteiger partial charge in [-0.2, -0.15) is 0 Å². The largest absolute Gasteiger partial charge is 0.396 e.